The van der Waals surface area contributed by atoms with Crippen molar-refractivity contribution in [1.82, 2.24) is 4.98 Å². The SMILES string of the molecule is COc1ccc2c(c1OC)O[C@@H]1c3c(cc(O[C@H]4O[C@H]([C@H](OC(=O)CC(=O)O)C(N)N)[C@@H](O)[C@H](O)[C@H]4O)cc3-c3ccc(N)nc3)OC3(CCCC3)[C@@H]21. The first-order valence-electron chi connectivity index (χ1n) is 17.1. The average Bonchev–Trinajstić information content (AvgIpc) is 3.75. The van der Waals surface area contributed by atoms with Crippen LogP contribution in [-0.2, 0) is 19.1 Å². The molecule has 17 heteroatoms. The molecular weight excluding hydrogens is 696 g/mol. The lowest BCUT2D eigenvalue weighted by Crippen LogP contribution is -2.66. The molecule has 10 N–H and O–H groups in total. The van der Waals surface area contributed by atoms with E-state index in [4.69, 9.17) is 55.5 Å². The van der Waals surface area contributed by atoms with E-state index in [0.717, 1.165) is 31.2 Å². The van der Waals surface area contributed by atoms with Crippen molar-refractivity contribution < 1.29 is 63.2 Å². The maximum atomic E-state index is 12.2. The number of carbonyl (C=O) groups is 2. The predicted molar refractivity (Wildman–Crippen MR) is 183 cm³/mol. The molecule has 2 aromatic carbocycles. The standard InChI is InChI=1S/C36H42N4O13/c1-47-19-7-6-17-25-31(51-29(17)30(19)48-2)24-18(15-5-8-21(37)40-14-15)11-16(12-20(24)53-36(25)9-3-4-10-36)49-35-28(46)26(44)27(45)32(52-35)33(34(38)39)50-23(43)13-22(41)42/h5-8,11-12,14,25-28,31-35,44-46H,3-4,9-10,13,38-39H2,1-2H3,(H2,37,40)(H,41,42)/t25-,26-,27-,28+,31+,32-,33-,35-/m0/s1. The number of carboxylic acid groups (broad SMARTS) is 1. The number of benzene rings is 2. The summed E-state index contributed by atoms with van der Waals surface area (Å²) in [7, 11) is 3.11. The van der Waals surface area contributed by atoms with Crippen LogP contribution in [0.15, 0.2) is 42.6 Å². The summed E-state index contributed by atoms with van der Waals surface area (Å²) in [5.74, 6) is -0.511. The van der Waals surface area contributed by atoms with E-state index >= 15 is 0 Å². The van der Waals surface area contributed by atoms with Crippen molar-refractivity contribution in [3.63, 3.8) is 0 Å². The Hall–Kier alpha value is -4.91. The van der Waals surface area contributed by atoms with E-state index in [-0.39, 0.29) is 11.7 Å². The van der Waals surface area contributed by atoms with Gasteiger partial charge >= 0.3 is 11.9 Å². The van der Waals surface area contributed by atoms with Gasteiger partial charge in [0.1, 0.15) is 59.9 Å². The molecule has 4 aliphatic rings. The first-order chi connectivity index (χ1) is 25.3. The molecule has 1 aromatic heterocycles. The molecule has 0 amide bonds. The number of aliphatic hydroxyl groups excluding tert-OH is 3. The van der Waals surface area contributed by atoms with Crippen molar-refractivity contribution in [2.24, 2.45) is 11.5 Å². The normalized spacial score (nSPS) is 27.1. The van der Waals surface area contributed by atoms with Crippen LogP contribution in [0, 0.1) is 0 Å². The number of aromatic nitrogens is 1. The van der Waals surface area contributed by atoms with Crippen molar-refractivity contribution in [1.29, 1.82) is 0 Å². The van der Waals surface area contributed by atoms with E-state index in [0.29, 0.717) is 45.5 Å². The highest BCUT2D eigenvalue weighted by Gasteiger charge is 2.58. The number of hydrogen-bond acceptors (Lipinski definition) is 16. The number of methoxy groups -OCH3 is 2. The molecule has 284 valence electrons. The topological polar surface area (TPSA) is 271 Å². The summed E-state index contributed by atoms with van der Waals surface area (Å²) in [6, 6.07) is 10.6. The zero-order valence-corrected chi connectivity index (χ0v) is 28.9. The molecule has 0 radical (unpaired) electrons. The Balaban J connectivity index is 1.30. The Morgan fingerprint density at radius 1 is 1.02 bits per heavy atom. The third-order valence-electron chi connectivity index (χ3n) is 10.4. The van der Waals surface area contributed by atoms with Crippen LogP contribution in [0.3, 0.4) is 0 Å². The number of pyridine rings is 1. The molecule has 0 unspecified atom stereocenters. The van der Waals surface area contributed by atoms with Gasteiger partial charge in [-0.2, -0.15) is 0 Å². The van der Waals surface area contributed by atoms with Gasteiger partial charge in [0.15, 0.2) is 17.6 Å². The Morgan fingerprint density at radius 2 is 1.77 bits per heavy atom. The van der Waals surface area contributed by atoms with Crippen LogP contribution in [0.5, 0.6) is 28.7 Å². The molecule has 53 heavy (non-hydrogen) atoms. The van der Waals surface area contributed by atoms with Crippen LogP contribution >= 0.6 is 0 Å². The summed E-state index contributed by atoms with van der Waals surface area (Å²) in [4.78, 5) is 27.6. The highest BCUT2D eigenvalue weighted by Crippen LogP contribution is 2.65. The Morgan fingerprint density at radius 3 is 2.42 bits per heavy atom. The smallest absolute Gasteiger partial charge is 0.317 e. The fourth-order valence-electron chi connectivity index (χ4n) is 8.00. The lowest BCUT2D eigenvalue weighted by molar-refractivity contribution is -0.291. The van der Waals surface area contributed by atoms with E-state index in [2.05, 4.69) is 4.98 Å². The number of aliphatic carboxylic acids is 1. The highest BCUT2D eigenvalue weighted by molar-refractivity contribution is 5.90. The van der Waals surface area contributed by atoms with E-state index in [1.165, 1.54) is 0 Å². The van der Waals surface area contributed by atoms with Gasteiger partial charge in [0.2, 0.25) is 12.0 Å². The van der Waals surface area contributed by atoms with Crippen molar-refractivity contribution in [2.75, 3.05) is 20.0 Å². The maximum Gasteiger partial charge on any atom is 0.317 e. The van der Waals surface area contributed by atoms with Crippen LogP contribution < -0.4 is 40.9 Å². The Kier molecular flexibility index (Phi) is 9.73. The lowest BCUT2D eigenvalue weighted by atomic mass is 9.73. The number of carbonyl (C=O) groups excluding carboxylic acids is 1. The van der Waals surface area contributed by atoms with E-state index in [9.17, 15) is 24.9 Å². The zero-order valence-electron chi connectivity index (χ0n) is 28.9. The maximum absolute atomic E-state index is 12.2. The second kappa shape index (κ2) is 14.1. The second-order valence-electron chi connectivity index (χ2n) is 13.6. The quantitative estimate of drug-likeness (QED) is 0.0871. The molecule has 8 atom stereocenters. The van der Waals surface area contributed by atoms with E-state index in [1.54, 1.807) is 44.7 Å². The summed E-state index contributed by atoms with van der Waals surface area (Å²) in [6.45, 7) is 0. The fourth-order valence-corrected chi connectivity index (χ4v) is 8.00. The molecule has 4 heterocycles. The van der Waals surface area contributed by atoms with Gasteiger partial charge in [-0.3, -0.25) is 9.59 Å². The number of fused-ring (bicyclic) bond motifs is 6. The molecule has 2 fully saturated rings. The minimum atomic E-state index is -1.88. The number of rotatable bonds is 10. The Labute approximate surface area is 303 Å². The van der Waals surface area contributed by atoms with Gasteiger partial charge in [-0.15, -0.1) is 0 Å². The van der Waals surface area contributed by atoms with Gasteiger partial charge in [0.05, 0.1) is 26.3 Å². The summed E-state index contributed by atoms with van der Waals surface area (Å²) in [5.41, 5.74) is 19.8. The number of hydrogen-bond donors (Lipinski definition) is 7. The van der Waals surface area contributed by atoms with E-state index in [1.807, 2.05) is 12.1 Å². The second-order valence-corrected chi connectivity index (χ2v) is 13.6. The van der Waals surface area contributed by atoms with Gasteiger partial charge in [0, 0.05) is 29.0 Å². The molecule has 1 saturated carbocycles. The summed E-state index contributed by atoms with van der Waals surface area (Å²) in [5, 5.41) is 41.8. The van der Waals surface area contributed by atoms with Gasteiger partial charge in [-0.1, -0.05) is 6.07 Å². The lowest BCUT2D eigenvalue weighted by Gasteiger charge is -2.45. The molecule has 7 rings (SSSR count). The van der Waals surface area contributed by atoms with Crippen LogP contribution in [0.25, 0.3) is 11.1 Å². The van der Waals surface area contributed by atoms with Crippen LogP contribution in [0.1, 0.15) is 55.3 Å². The number of nitrogen functional groups attached to an aromatic ring is 1. The van der Waals surface area contributed by atoms with Crippen LogP contribution in [0.4, 0.5) is 5.82 Å². The number of carboxylic acids is 1. The molecule has 3 aromatic rings. The van der Waals surface area contributed by atoms with Crippen molar-refractivity contribution in [3.05, 3.63) is 53.7 Å². The molecular formula is C36H42N4O13. The number of anilines is 1. The van der Waals surface area contributed by atoms with Gasteiger partial charge in [-0.05, 0) is 55.5 Å². The van der Waals surface area contributed by atoms with Crippen molar-refractivity contribution in [2.45, 2.75) is 92.7 Å². The summed E-state index contributed by atoms with van der Waals surface area (Å²) < 4.78 is 42.5. The number of esters is 1. The largest absolute Gasteiger partial charge is 0.493 e. The Bertz CT molecular complexity index is 1870. The first-order valence-corrected chi connectivity index (χ1v) is 17.1. The molecule has 3 aliphatic heterocycles. The van der Waals surface area contributed by atoms with Gasteiger partial charge in [0.25, 0.3) is 0 Å². The van der Waals surface area contributed by atoms with Crippen LogP contribution in [-0.4, -0.2) is 100 Å². The van der Waals surface area contributed by atoms with Crippen LogP contribution in [0.2, 0.25) is 0 Å². The monoisotopic (exact) mass is 738 g/mol. The zero-order chi connectivity index (χ0) is 37.8. The molecule has 1 aliphatic carbocycles. The fraction of sp³-hybridized carbons (Fsp3) is 0.472. The number of aliphatic hydroxyl groups is 3. The molecule has 17 nitrogen and oxygen atoms in total. The third kappa shape index (κ3) is 6.42. The highest BCUT2D eigenvalue weighted by atomic mass is 16.7. The average molecular weight is 739 g/mol. The molecule has 1 spiro atoms. The van der Waals surface area contributed by atoms with Crippen molar-refractivity contribution in [3.8, 4) is 39.9 Å². The number of nitrogens with zero attached hydrogens (tertiary/aromatic N) is 1. The predicted octanol–water partition coefficient (Wildman–Crippen LogP) is 1.09. The number of ether oxygens (including phenoxy) is 7. The third-order valence-corrected chi connectivity index (χ3v) is 10.4. The van der Waals surface area contributed by atoms with E-state index < -0.39 is 73.0 Å². The summed E-state index contributed by atoms with van der Waals surface area (Å²) >= 11 is 0. The minimum absolute atomic E-state index is 0.125. The van der Waals surface area contributed by atoms with Gasteiger partial charge in [-0.25, -0.2) is 4.98 Å². The first kappa shape index (κ1) is 36.4. The number of nitrogens with two attached hydrogens (primary N) is 3. The van der Waals surface area contributed by atoms with Crippen molar-refractivity contribution >= 4 is 17.8 Å². The summed E-state index contributed by atoms with van der Waals surface area (Å²) in [6.07, 6.45) is -8.61. The molecule has 1 saturated heterocycles. The molecule has 0 bridgehead atoms. The minimum Gasteiger partial charge on any atom is -0.493 e. The van der Waals surface area contributed by atoms with Gasteiger partial charge < -0.3 is 70.8 Å².